The summed E-state index contributed by atoms with van der Waals surface area (Å²) in [4.78, 5) is 14.4. The van der Waals surface area contributed by atoms with E-state index in [2.05, 4.69) is 34.8 Å². The van der Waals surface area contributed by atoms with Gasteiger partial charge in [0, 0.05) is 11.4 Å². The van der Waals surface area contributed by atoms with Gasteiger partial charge in [0.25, 0.3) is 0 Å². The molecular weight excluding hydrogens is 258 g/mol. The Hall–Kier alpha value is -0.770. The minimum Gasteiger partial charge on any atom is -0.478 e. The molecule has 0 aromatic carbocycles. The predicted octanol–water partition coefficient (Wildman–Crippen LogP) is 3.48. The standard InChI is InChI=1S/C11H14BrNO2/c1-5(2)9-8(12)7(11(14)15)10(13-9)6-3-4-6/h5-6,13H,3-4H2,1-2H3,(H,14,15). The van der Waals surface area contributed by atoms with Gasteiger partial charge in [0.15, 0.2) is 0 Å². The number of carboxylic acids is 1. The van der Waals surface area contributed by atoms with E-state index in [1.807, 2.05) is 0 Å². The molecule has 0 saturated heterocycles. The molecule has 3 nitrogen and oxygen atoms in total. The summed E-state index contributed by atoms with van der Waals surface area (Å²) in [6.07, 6.45) is 2.20. The highest BCUT2D eigenvalue weighted by Gasteiger charge is 2.33. The van der Waals surface area contributed by atoms with E-state index in [9.17, 15) is 4.79 Å². The Kier molecular flexibility index (Phi) is 2.63. The van der Waals surface area contributed by atoms with E-state index >= 15 is 0 Å². The third-order valence-corrected chi connectivity index (χ3v) is 3.60. The highest BCUT2D eigenvalue weighted by molar-refractivity contribution is 9.10. The quantitative estimate of drug-likeness (QED) is 0.885. The minimum atomic E-state index is -0.841. The van der Waals surface area contributed by atoms with Crippen LogP contribution in [0.4, 0.5) is 0 Å². The number of halogens is 1. The van der Waals surface area contributed by atoms with E-state index in [4.69, 9.17) is 5.11 Å². The van der Waals surface area contributed by atoms with Gasteiger partial charge in [0.05, 0.1) is 10.0 Å². The van der Waals surface area contributed by atoms with Crippen molar-refractivity contribution in [1.29, 1.82) is 0 Å². The Balaban J connectivity index is 2.53. The van der Waals surface area contributed by atoms with Crippen molar-refractivity contribution in [2.45, 2.75) is 38.5 Å². The first-order valence-corrected chi connectivity index (χ1v) is 5.96. The Morgan fingerprint density at radius 1 is 1.53 bits per heavy atom. The second-order valence-electron chi connectivity index (χ2n) is 4.38. The number of hydrogen-bond donors (Lipinski definition) is 2. The van der Waals surface area contributed by atoms with Crippen molar-refractivity contribution in [2.75, 3.05) is 0 Å². The van der Waals surface area contributed by atoms with Gasteiger partial charge in [-0.15, -0.1) is 0 Å². The highest BCUT2D eigenvalue weighted by atomic mass is 79.9. The molecule has 0 amide bonds. The van der Waals surface area contributed by atoms with Crippen LogP contribution in [0.2, 0.25) is 0 Å². The molecule has 2 N–H and O–H groups in total. The maximum atomic E-state index is 11.2. The van der Waals surface area contributed by atoms with E-state index in [1.54, 1.807) is 0 Å². The highest BCUT2D eigenvalue weighted by Crippen LogP contribution is 2.44. The van der Waals surface area contributed by atoms with Crippen LogP contribution >= 0.6 is 15.9 Å². The van der Waals surface area contributed by atoms with Gasteiger partial charge in [0.1, 0.15) is 0 Å². The molecule has 0 unspecified atom stereocenters. The van der Waals surface area contributed by atoms with Crippen LogP contribution in [0, 0.1) is 0 Å². The van der Waals surface area contributed by atoms with Crippen LogP contribution in [0.25, 0.3) is 0 Å². The molecule has 2 rings (SSSR count). The summed E-state index contributed by atoms with van der Waals surface area (Å²) >= 11 is 3.39. The fourth-order valence-corrected chi connectivity index (χ4v) is 2.74. The third kappa shape index (κ3) is 1.83. The Labute approximate surface area is 97.0 Å². The van der Waals surface area contributed by atoms with Gasteiger partial charge >= 0.3 is 5.97 Å². The lowest BCUT2D eigenvalue weighted by molar-refractivity contribution is 0.0695. The molecule has 1 fully saturated rings. The zero-order valence-corrected chi connectivity index (χ0v) is 10.4. The molecule has 1 aromatic rings. The normalized spacial score (nSPS) is 16.0. The van der Waals surface area contributed by atoms with Gasteiger partial charge in [0.2, 0.25) is 0 Å². The fourth-order valence-electron chi connectivity index (χ4n) is 1.80. The van der Waals surface area contributed by atoms with E-state index < -0.39 is 5.97 Å². The molecule has 0 atom stereocenters. The van der Waals surface area contributed by atoms with Crippen molar-refractivity contribution >= 4 is 21.9 Å². The van der Waals surface area contributed by atoms with Crippen molar-refractivity contribution in [3.05, 3.63) is 21.4 Å². The summed E-state index contributed by atoms with van der Waals surface area (Å²) in [6, 6.07) is 0. The van der Waals surface area contributed by atoms with Gasteiger partial charge < -0.3 is 10.1 Å². The van der Waals surface area contributed by atoms with Crippen LogP contribution in [0.5, 0.6) is 0 Å². The first-order chi connectivity index (χ1) is 7.02. The van der Waals surface area contributed by atoms with Crippen LogP contribution in [0.15, 0.2) is 4.47 Å². The van der Waals surface area contributed by atoms with E-state index in [-0.39, 0.29) is 0 Å². The number of nitrogens with one attached hydrogen (secondary N) is 1. The maximum absolute atomic E-state index is 11.2. The number of carboxylic acid groups (broad SMARTS) is 1. The SMILES string of the molecule is CC(C)c1[nH]c(C2CC2)c(C(=O)O)c1Br. The summed E-state index contributed by atoms with van der Waals surface area (Å²) in [6.45, 7) is 4.11. The second-order valence-corrected chi connectivity index (χ2v) is 5.17. The Morgan fingerprint density at radius 3 is 2.53 bits per heavy atom. The fraction of sp³-hybridized carbons (Fsp3) is 0.545. The number of aromatic amines is 1. The number of aromatic nitrogens is 1. The monoisotopic (exact) mass is 271 g/mol. The smallest absolute Gasteiger partial charge is 0.338 e. The summed E-state index contributed by atoms with van der Waals surface area (Å²) in [5.41, 5.74) is 2.33. The van der Waals surface area contributed by atoms with Crippen molar-refractivity contribution in [3.8, 4) is 0 Å². The molecule has 1 aliphatic carbocycles. The zero-order valence-electron chi connectivity index (χ0n) is 8.80. The Morgan fingerprint density at radius 2 is 2.13 bits per heavy atom. The molecule has 82 valence electrons. The lowest BCUT2D eigenvalue weighted by Gasteiger charge is -2.01. The predicted molar refractivity (Wildman–Crippen MR) is 61.5 cm³/mol. The molecule has 0 radical (unpaired) electrons. The van der Waals surface area contributed by atoms with E-state index in [1.165, 1.54) is 0 Å². The molecule has 4 heteroatoms. The lowest BCUT2D eigenvalue weighted by atomic mass is 10.1. The van der Waals surface area contributed by atoms with E-state index in [0.29, 0.717) is 17.4 Å². The van der Waals surface area contributed by atoms with Crippen molar-refractivity contribution in [1.82, 2.24) is 4.98 Å². The number of hydrogen-bond acceptors (Lipinski definition) is 1. The molecule has 0 bridgehead atoms. The third-order valence-electron chi connectivity index (χ3n) is 2.77. The van der Waals surface area contributed by atoms with Crippen molar-refractivity contribution in [2.24, 2.45) is 0 Å². The molecule has 1 saturated carbocycles. The van der Waals surface area contributed by atoms with E-state index in [0.717, 1.165) is 28.7 Å². The van der Waals surface area contributed by atoms with Crippen LogP contribution in [0.3, 0.4) is 0 Å². The molecule has 1 heterocycles. The summed E-state index contributed by atoms with van der Waals surface area (Å²) in [7, 11) is 0. The topological polar surface area (TPSA) is 53.1 Å². The molecule has 0 aliphatic heterocycles. The molecular formula is C11H14BrNO2. The van der Waals surface area contributed by atoms with Gasteiger partial charge in [-0.2, -0.15) is 0 Å². The van der Waals surface area contributed by atoms with Crippen LogP contribution < -0.4 is 0 Å². The largest absolute Gasteiger partial charge is 0.478 e. The lowest BCUT2D eigenvalue weighted by Crippen LogP contribution is -1.99. The number of rotatable bonds is 3. The van der Waals surface area contributed by atoms with Crippen LogP contribution in [-0.4, -0.2) is 16.1 Å². The van der Waals surface area contributed by atoms with Gasteiger partial charge in [-0.05, 0) is 40.6 Å². The zero-order chi connectivity index (χ0) is 11.2. The van der Waals surface area contributed by atoms with Crippen LogP contribution in [-0.2, 0) is 0 Å². The summed E-state index contributed by atoms with van der Waals surface area (Å²) < 4.78 is 0.729. The molecule has 1 aliphatic rings. The molecule has 1 aromatic heterocycles. The van der Waals surface area contributed by atoms with Crippen LogP contribution in [0.1, 0.15) is 60.3 Å². The van der Waals surface area contributed by atoms with Crippen molar-refractivity contribution < 1.29 is 9.90 Å². The average molecular weight is 272 g/mol. The van der Waals surface area contributed by atoms with Gasteiger partial charge in [-0.25, -0.2) is 4.79 Å². The molecule has 15 heavy (non-hydrogen) atoms. The minimum absolute atomic E-state index is 0.310. The first kappa shape index (κ1) is 10.7. The number of carbonyl (C=O) groups is 1. The summed E-state index contributed by atoms with van der Waals surface area (Å²) in [5, 5.41) is 9.17. The maximum Gasteiger partial charge on any atom is 0.338 e. The first-order valence-electron chi connectivity index (χ1n) is 5.17. The van der Waals surface area contributed by atoms with Crippen molar-refractivity contribution in [3.63, 3.8) is 0 Å². The average Bonchev–Trinajstić information content (AvgIpc) is 2.89. The van der Waals surface area contributed by atoms with Gasteiger partial charge in [-0.1, -0.05) is 13.8 Å². The second kappa shape index (κ2) is 3.67. The molecule has 0 spiro atoms. The number of aromatic carboxylic acids is 1. The van der Waals surface area contributed by atoms with Gasteiger partial charge in [-0.3, -0.25) is 0 Å². The Bertz CT molecular complexity index is 405. The number of H-pyrrole nitrogens is 1. The summed E-state index contributed by atoms with van der Waals surface area (Å²) in [5.74, 6) is -0.100.